The number of carbonyl (C=O) groups is 1. The van der Waals surface area contributed by atoms with E-state index in [2.05, 4.69) is 37.1 Å². The van der Waals surface area contributed by atoms with Gasteiger partial charge in [-0.15, -0.1) is 0 Å². The summed E-state index contributed by atoms with van der Waals surface area (Å²) in [6.45, 7) is 4.10. The van der Waals surface area contributed by atoms with Gasteiger partial charge in [0.1, 0.15) is 5.82 Å². The molecule has 0 N–H and O–H groups in total. The lowest BCUT2D eigenvalue weighted by Crippen LogP contribution is -2.47. The van der Waals surface area contributed by atoms with Crippen LogP contribution in [0.15, 0.2) is 42.5 Å². The summed E-state index contributed by atoms with van der Waals surface area (Å²) in [4.78, 5) is 17.5. The maximum absolute atomic E-state index is 13.1. The molecule has 4 heteroatoms. The highest BCUT2D eigenvalue weighted by atomic mass is 19.1. The summed E-state index contributed by atoms with van der Waals surface area (Å²) in [6.07, 6.45) is 1.30. The van der Waals surface area contributed by atoms with E-state index in [9.17, 15) is 9.18 Å². The topological polar surface area (TPSA) is 23.6 Å². The number of halogens is 1. The maximum Gasteiger partial charge on any atom is 0.231 e. The normalized spacial score (nSPS) is 22.6. The summed E-state index contributed by atoms with van der Waals surface area (Å²) in [6, 6.07) is 12.9. The summed E-state index contributed by atoms with van der Waals surface area (Å²) in [5.41, 5.74) is 4.45. The van der Waals surface area contributed by atoms with Gasteiger partial charge in [0.25, 0.3) is 0 Å². The molecule has 2 atom stereocenters. The van der Waals surface area contributed by atoms with E-state index < -0.39 is 0 Å². The zero-order chi connectivity index (χ0) is 17.6. The number of amides is 1. The molecule has 2 heterocycles. The number of anilines is 1. The molecule has 0 aliphatic carbocycles. The molecule has 2 aliphatic rings. The average Bonchev–Trinajstić information content (AvgIpc) is 2.90. The molecule has 1 saturated heterocycles. The number of likely N-dealkylation sites (N-methyl/N-ethyl adjacent to an activating group) is 1. The Labute approximate surface area is 148 Å². The van der Waals surface area contributed by atoms with E-state index in [1.54, 1.807) is 12.1 Å². The molecule has 1 fully saturated rings. The van der Waals surface area contributed by atoms with E-state index in [1.807, 2.05) is 4.90 Å². The van der Waals surface area contributed by atoms with Crippen molar-refractivity contribution in [2.24, 2.45) is 0 Å². The van der Waals surface area contributed by atoms with Gasteiger partial charge in [-0.25, -0.2) is 4.39 Å². The second-order valence-corrected chi connectivity index (χ2v) is 7.35. The number of piperidine rings is 1. The van der Waals surface area contributed by atoms with Crippen molar-refractivity contribution in [3.05, 3.63) is 65.0 Å². The molecule has 25 heavy (non-hydrogen) atoms. The van der Waals surface area contributed by atoms with Crippen LogP contribution in [0.2, 0.25) is 0 Å². The van der Waals surface area contributed by atoms with E-state index in [0.717, 1.165) is 30.8 Å². The van der Waals surface area contributed by atoms with Gasteiger partial charge < -0.3 is 9.80 Å². The monoisotopic (exact) mass is 338 g/mol. The fourth-order valence-corrected chi connectivity index (χ4v) is 4.27. The number of likely N-dealkylation sites (tertiary alicyclic amines) is 1. The van der Waals surface area contributed by atoms with Crippen molar-refractivity contribution in [2.45, 2.75) is 31.7 Å². The standard InChI is InChI=1S/C21H23FN2O/c1-14-3-8-19-17(11-14)18-13-23(2)10-9-20(18)24(19)21(25)12-15-4-6-16(22)7-5-15/h3-8,11,18,20H,9-10,12-13H2,1-2H3. The van der Waals surface area contributed by atoms with Crippen LogP contribution in [0.4, 0.5) is 10.1 Å². The fourth-order valence-electron chi connectivity index (χ4n) is 4.27. The van der Waals surface area contributed by atoms with Gasteiger partial charge in [0, 0.05) is 24.2 Å². The SMILES string of the molecule is Cc1ccc2c(c1)C1CN(C)CCC1N2C(=O)Cc1ccc(F)cc1. The first-order valence-corrected chi connectivity index (χ1v) is 8.88. The smallest absolute Gasteiger partial charge is 0.231 e. The van der Waals surface area contributed by atoms with Crippen molar-refractivity contribution >= 4 is 11.6 Å². The van der Waals surface area contributed by atoms with Crippen molar-refractivity contribution in [3.63, 3.8) is 0 Å². The minimum Gasteiger partial charge on any atom is -0.308 e. The van der Waals surface area contributed by atoms with Gasteiger partial charge in [0.05, 0.1) is 6.42 Å². The predicted molar refractivity (Wildman–Crippen MR) is 97.4 cm³/mol. The minimum atomic E-state index is -0.270. The van der Waals surface area contributed by atoms with E-state index in [-0.39, 0.29) is 17.8 Å². The van der Waals surface area contributed by atoms with Crippen molar-refractivity contribution in [1.82, 2.24) is 4.90 Å². The van der Waals surface area contributed by atoms with Crippen LogP contribution in [0.25, 0.3) is 0 Å². The number of hydrogen-bond donors (Lipinski definition) is 0. The quantitative estimate of drug-likeness (QED) is 0.837. The Morgan fingerprint density at radius 2 is 1.96 bits per heavy atom. The molecule has 3 nitrogen and oxygen atoms in total. The maximum atomic E-state index is 13.1. The Hall–Kier alpha value is -2.20. The molecule has 2 aromatic rings. The molecule has 0 spiro atoms. The van der Waals surface area contributed by atoms with Gasteiger partial charge in [-0.1, -0.05) is 29.8 Å². The zero-order valence-electron chi connectivity index (χ0n) is 14.7. The van der Waals surface area contributed by atoms with Crippen LogP contribution in [-0.2, 0) is 11.2 Å². The Kier molecular flexibility index (Phi) is 4.08. The fraction of sp³-hybridized carbons (Fsp3) is 0.381. The number of aryl methyl sites for hydroxylation is 1. The number of carbonyl (C=O) groups excluding carboxylic acids is 1. The largest absolute Gasteiger partial charge is 0.308 e. The molecular formula is C21H23FN2O. The first-order valence-electron chi connectivity index (χ1n) is 8.88. The lowest BCUT2D eigenvalue weighted by atomic mass is 9.89. The van der Waals surface area contributed by atoms with Crippen LogP contribution in [-0.4, -0.2) is 37.0 Å². The minimum absolute atomic E-state index is 0.105. The first-order chi connectivity index (χ1) is 12.0. The van der Waals surface area contributed by atoms with Gasteiger partial charge in [0.15, 0.2) is 0 Å². The van der Waals surface area contributed by atoms with Crippen molar-refractivity contribution < 1.29 is 9.18 Å². The van der Waals surface area contributed by atoms with Gasteiger partial charge in [-0.3, -0.25) is 4.79 Å². The van der Waals surface area contributed by atoms with E-state index in [0.29, 0.717) is 12.3 Å². The number of fused-ring (bicyclic) bond motifs is 3. The Balaban J connectivity index is 1.66. The highest BCUT2D eigenvalue weighted by Gasteiger charge is 2.43. The van der Waals surface area contributed by atoms with Gasteiger partial charge >= 0.3 is 0 Å². The average molecular weight is 338 g/mol. The number of nitrogens with zero attached hydrogens (tertiary/aromatic N) is 2. The van der Waals surface area contributed by atoms with Crippen LogP contribution in [0.1, 0.15) is 29.0 Å². The van der Waals surface area contributed by atoms with E-state index >= 15 is 0 Å². The first kappa shape index (κ1) is 16.3. The Morgan fingerprint density at radius 1 is 1.20 bits per heavy atom. The summed E-state index contributed by atoms with van der Waals surface area (Å²) in [7, 11) is 2.15. The molecule has 0 radical (unpaired) electrons. The van der Waals surface area contributed by atoms with Crippen LogP contribution in [0.3, 0.4) is 0 Å². The summed E-state index contributed by atoms with van der Waals surface area (Å²) >= 11 is 0. The highest BCUT2D eigenvalue weighted by Crippen LogP contribution is 2.45. The summed E-state index contributed by atoms with van der Waals surface area (Å²) < 4.78 is 13.1. The van der Waals surface area contributed by atoms with Crippen LogP contribution in [0.5, 0.6) is 0 Å². The lowest BCUT2D eigenvalue weighted by molar-refractivity contribution is -0.118. The molecule has 0 bridgehead atoms. The van der Waals surface area contributed by atoms with Crippen LogP contribution < -0.4 is 4.90 Å². The third kappa shape index (κ3) is 2.95. The van der Waals surface area contributed by atoms with Crippen LogP contribution in [0, 0.1) is 12.7 Å². The molecule has 0 saturated carbocycles. The van der Waals surface area contributed by atoms with Gasteiger partial charge in [-0.2, -0.15) is 0 Å². The zero-order valence-corrected chi connectivity index (χ0v) is 14.7. The number of benzene rings is 2. The lowest BCUT2D eigenvalue weighted by Gasteiger charge is -2.36. The molecule has 2 aromatic carbocycles. The van der Waals surface area contributed by atoms with Crippen LogP contribution >= 0.6 is 0 Å². The predicted octanol–water partition coefficient (Wildman–Crippen LogP) is 3.51. The second-order valence-electron chi connectivity index (χ2n) is 7.35. The molecule has 1 amide bonds. The third-order valence-corrected chi connectivity index (χ3v) is 5.49. The third-order valence-electron chi connectivity index (χ3n) is 5.49. The van der Waals surface area contributed by atoms with Crippen molar-refractivity contribution in [1.29, 1.82) is 0 Å². The van der Waals surface area contributed by atoms with Gasteiger partial charge in [0.2, 0.25) is 5.91 Å². The summed E-state index contributed by atoms with van der Waals surface area (Å²) in [5, 5.41) is 0. The highest BCUT2D eigenvalue weighted by molar-refractivity contribution is 5.98. The molecular weight excluding hydrogens is 315 g/mol. The van der Waals surface area contributed by atoms with Gasteiger partial charge in [-0.05, 0) is 56.3 Å². The summed E-state index contributed by atoms with van der Waals surface area (Å²) in [5.74, 6) is 0.216. The Morgan fingerprint density at radius 3 is 2.72 bits per heavy atom. The number of rotatable bonds is 2. The van der Waals surface area contributed by atoms with Crippen molar-refractivity contribution in [2.75, 3.05) is 25.0 Å². The molecule has 4 rings (SSSR count). The molecule has 2 aliphatic heterocycles. The molecule has 2 unspecified atom stereocenters. The molecule has 130 valence electrons. The second kappa shape index (κ2) is 6.26. The number of hydrogen-bond acceptors (Lipinski definition) is 2. The van der Waals surface area contributed by atoms with E-state index in [4.69, 9.17) is 0 Å². The Bertz CT molecular complexity index is 802. The van der Waals surface area contributed by atoms with Crippen molar-refractivity contribution in [3.8, 4) is 0 Å². The molecule has 0 aromatic heterocycles. The van der Waals surface area contributed by atoms with E-state index in [1.165, 1.54) is 23.3 Å².